The smallest absolute Gasteiger partial charge is 0.229 e. The lowest BCUT2D eigenvalue weighted by Gasteiger charge is -2.29. The van der Waals surface area contributed by atoms with E-state index in [0.29, 0.717) is 5.92 Å². The lowest BCUT2D eigenvalue weighted by Crippen LogP contribution is -2.35. The van der Waals surface area contributed by atoms with E-state index < -0.39 is 0 Å². The Morgan fingerprint density at radius 1 is 1.37 bits per heavy atom. The van der Waals surface area contributed by atoms with Gasteiger partial charge >= 0.3 is 0 Å². The number of carbonyl (C=O) groups is 1. The van der Waals surface area contributed by atoms with Gasteiger partial charge in [0.05, 0.1) is 0 Å². The van der Waals surface area contributed by atoms with Crippen LogP contribution in [0.15, 0.2) is 28.7 Å². The molecule has 1 amide bonds. The van der Waals surface area contributed by atoms with Crippen molar-refractivity contribution in [1.82, 2.24) is 0 Å². The summed E-state index contributed by atoms with van der Waals surface area (Å²) in [6.07, 6.45) is 3.70. The molecular weight excluding hydrogens is 306 g/mol. The van der Waals surface area contributed by atoms with Crippen molar-refractivity contribution in [2.75, 3.05) is 18.6 Å². The average molecular weight is 326 g/mol. The Balaban J connectivity index is 2.00. The summed E-state index contributed by atoms with van der Waals surface area (Å²) in [4.78, 5) is 14.2. The number of carbonyl (C=O) groups excluding carboxylic acids is 1. The third-order valence-electron chi connectivity index (χ3n) is 3.98. The van der Waals surface area contributed by atoms with Gasteiger partial charge in [-0.3, -0.25) is 4.79 Å². The Hall–Kier alpha value is -0.870. The molecule has 1 aromatic carbocycles. The molecular formula is C15H20BrNO2. The van der Waals surface area contributed by atoms with E-state index in [9.17, 15) is 4.79 Å². The molecule has 0 aromatic heterocycles. The maximum Gasteiger partial charge on any atom is 0.229 e. The van der Waals surface area contributed by atoms with Crippen LogP contribution in [0.1, 0.15) is 25.7 Å². The van der Waals surface area contributed by atoms with Crippen LogP contribution in [-0.4, -0.2) is 24.7 Å². The number of aliphatic hydroxyl groups is 1. The van der Waals surface area contributed by atoms with Crippen LogP contribution in [0.4, 0.5) is 5.69 Å². The Labute approximate surface area is 122 Å². The van der Waals surface area contributed by atoms with Gasteiger partial charge in [0.25, 0.3) is 0 Å². The number of nitrogens with zero attached hydrogens (tertiary/aromatic N) is 1. The van der Waals surface area contributed by atoms with Gasteiger partial charge in [0.15, 0.2) is 0 Å². The Bertz CT molecular complexity index is 442. The molecule has 1 aromatic rings. The summed E-state index contributed by atoms with van der Waals surface area (Å²) in [7, 11) is 1.84. The van der Waals surface area contributed by atoms with E-state index >= 15 is 0 Å². The molecule has 1 N–H and O–H groups in total. The number of amides is 1. The number of benzene rings is 1. The summed E-state index contributed by atoms with van der Waals surface area (Å²) in [5.41, 5.74) is 0.920. The van der Waals surface area contributed by atoms with Crippen molar-refractivity contribution >= 4 is 27.5 Å². The minimum Gasteiger partial charge on any atom is -0.396 e. The van der Waals surface area contributed by atoms with Crippen LogP contribution in [0.2, 0.25) is 0 Å². The third-order valence-corrected chi connectivity index (χ3v) is 4.47. The second-order valence-corrected chi connectivity index (χ2v) is 6.19. The lowest BCUT2D eigenvalue weighted by atomic mass is 9.82. The highest BCUT2D eigenvalue weighted by molar-refractivity contribution is 9.10. The number of halogens is 1. The summed E-state index contributed by atoms with van der Waals surface area (Å²) >= 11 is 3.43. The Kier molecular flexibility index (Phi) is 4.99. The number of hydrogen-bond donors (Lipinski definition) is 1. The van der Waals surface area contributed by atoms with E-state index in [-0.39, 0.29) is 18.4 Å². The molecule has 1 fully saturated rings. The predicted molar refractivity (Wildman–Crippen MR) is 80.1 cm³/mol. The highest BCUT2D eigenvalue weighted by Gasteiger charge is 2.28. The number of aliphatic hydroxyl groups excluding tert-OH is 1. The molecule has 0 spiro atoms. The lowest BCUT2D eigenvalue weighted by molar-refractivity contribution is -0.123. The second kappa shape index (κ2) is 6.53. The summed E-state index contributed by atoms with van der Waals surface area (Å²) in [5, 5.41) is 9.13. The molecule has 3 nitrogen and oxygen atoms in total. The van der Waals surface area contributed by atoms with Gasteiger partial charge in [0.2, 0.25) is 5.91 Å². The van der Waals surface area contributed by atoms with Gasteiger partial charge in [-0.25, -0.2) is 0 Å². The average Bonchev–Trinajstić information content (AvgIpc) is 2.46. The standard InChI is InChI=1S/C15H20BrNO2/c1-17(14-4-2-3-13(16)9-14)15(19)12-7-5-11(10-18)6-8-12/h2-4,9,11-12,18H,5-8,10H2,1H3. The molecule has 0 saturated heterocycles. The minimum atomic E-state index is 0.104. The first-order chi connectivity index (χ1) is 9.11. The molecule has 4 heteroatoms. The van der Waals surface area contributed by atoms with Gasteiger partial charge in [0, 0.05) is 29.7 Å². The first-order valence-corrected chi connectivity index (χ1v) is 7.55. The quantitative estimate of drug-likeness (QED) is 0.927. The Morgan fingerprint density at radius 3 is 2.63 bits per heavy atom. The van der Waals surface area contributed by atoms with Gasteiger partial charge in [-0.15, -0.1) is 0 Å². The maximum absolute atomic E-state index is 12.5. The zero-order valence-electron chi connectivity index (χ0n) is 11.2. The van der Waals surface area contributed by atoms with Crippen LogP contribution < -0.4 is 4.90 Å². The molecule has 104 valence electrons. The third kappa shape index (κ3) is 3.57. The second-order valence-electron chi connectivity index (χ2n) is 5.28. The van der Waals surface area contributed by atoms with E-state index in [1.54, 1.807) is 4.90 Å². The van der Waals surface area contributed by atoms with Crippen LogP contribution >= 0.6 is 15.9 Å². The first kappa shape index (κ1) is 14.5. The van der Waals surface area contributed by atoms with E-state index in [2.05, 4.69) is 15.9 Å². The highest BCUT2D eigenvalue weighted by atomic mass is 79.9. The zero-order valence-corrected chi connectivity index (χ0v) is 12.8. The summed E-state index contributed by atoms with van der Waals surface area (Å²) in [6.45, 7) is 0.252. The van der Waals surface area contributed by atoms with Crippen molar-refractivity contribution in [2.24, 2.45) is 11.8 Å². The fraction of sp³-hybridized carbons (Fsp3) is 0.533. The molecule has 0 atom stereocenters. The molecule has 1 aliphatic rings. The van der Waals surface area contributed by atoms with Crippen molar-refractivity contribution in [3.8, 4) is 0 Å². The van der Waals surface area contributed by atoms with E-state index in [4.69, 9.17) is 5.11 Å². The fourth-order valence-electron chi connectivity index (χ4n) is 2.68. The van der Waals surface area contributed by atoms with Gasteiger partial charge in [-0.05, 0) is 49.8 Å². The molecule has 0 unspecified atom stereocenters. The molecule has 0 heterocycles. The fourth-order valence-corrected chi connectivity index (χ4v) is 3.06. The topological polar surface area (TPSA) is 40.5 Å². The number of anilines is 1. The van der Waals surface area contributed by atoms with Crippen molar-refractivity contribution in [2.45, 2.75) is 25.7 Å². The first-order valence-electron chi connectivity index (χ1n) is 6.76. The van der Waals surface area contributed by atoms with Crippen molar-refractivity contribution in [1.29, 1.82) is 0 Å². The minimum absolute atomic E-state index is 0.104. The van der Waals surface area contributed by atoms with Gasteiger partial charge in [-0.1, -0.05) is 22.0 Å². The van der Waals surface area contributed by atoms with Gasteiger partial charge in [-0.2, -0.15) is 0 Å². The normalized spacial score (nSPS) is 23.1. The predicted octanol–water partition coefficient (Wildman–Crippen LogP) is 3.21. The van der Waals surface area contributed by atoms with Crippen LogP contribution in [-0.2, 0) is 4.79 Å². The van der Waals surface area contributed by atoms with E-state index in [0.717, 1.165) is 35.8 Å². The Morgan fingerprint density at radius 2 is 2.05 bits per heavy atom. The SMILES string of the molecule is CN(C(=O)C1CCC(CO)CC1)c1cccc(Br)c1. The molecule has 1 saturated carbocycles. The monoisotopic (exact) mass is 325 g/mol. The van der Waals surface area contributed by atoms with Gasteiger partial charge < -0.3 is 10.0 Å². The largest absolute Gasteiger partial charge is 0.396 e. The molecule has 0 bridgehead atoms. The number of hydrogen-bond acceptors (Lipinski definition) is 2. The maximum atomic E-state index is 12.5. The van der Waals surface area contributed by atoms with Crippen molar-refractivity contribution in [3.63, 3.8) is 0 Å². The molecule has 0 radical (unpaired) electrons. The van der Waals surface area contributed by atoms with Crippen molar-refractivity contribution < 1.29 is 9.90 Å². The highest BCUT2D eigenvalue weighted by Crippen LogP contribution is 2.31. The molecule has 19 heavy (non-hydrogen) atoms. The summed E-state index contributed by atoms with van der Waals surface area (Å²) < 4.78 is 0.980. The van der Waals surface area contributed by atoms with E-state index in [1.807, 2.05) is 31.3 Å². The van der Waals surface area contributed by atoms with Crippen LogP contribution in [0.3, 0.4) is 0 Å². The van der Waals surface area contributed by atoms with Crippen molar-refractivity contribution in [3.05, 3.63) is 28.7 Å². The van der Waals surface area contributed by atoms with E-state index in [1.165, 1.54) is 0 Å². The van der Waals surface area contributed by atoms with Crippen LogP contribution in [0.25, 0.3) is 0 Å². The van der Waals surface area contributed by atoms with Gasteiger partial charge in [0.1, 0.15) is 0 Å². The summed E-state index contributed by atoms with van der Waals surface area (Å²) in [6, 6.07) is 7.79. The molecule has 2 rings (SSSR count). The molecule has 0 aliphatic heterocycles. The zero-order chi connectivity index (χ0) is 13.8. The molecule has 1 aliphatic carbocycles. The number of rotatable bonds is 3. The van der Waals surface area contributed by atoms with Crippen LogP contribution in [0, 0.1) is 11.8 Å². The van der Waals surface area contributed by atoms with Crippen LogP contribution in [0.5, 0.6) is 0 Å². The summed E-state index contributed by atoms with van der Waals surface area (Å²) in [5.74, 6) is 0.682.